The molecule has 8 heteroatoms. The molecule has 160 valence electrons. The number of nitrogens with zero attached hydrogens (tertiary/aromatic N) is 1. The minimum Gasteiger partial charge on any atom is -0.489 e. The zero-order chi connectivity index (χ0) is 22.7. The second kappa shape index (κ2) is 9.30. The Morgan fingerprint density at radius 1 is 1.03 bits per heavy atom. The van der Waals surface area contributed by atoms with Crippen molar-refractivity contribution in [3.8, 4) is 5.75 Å². The highest BCUT2D eigenvalue weighted by Crippen LogP contribution is 2.36. The van der Waals surface area contributed by atoms with Crippen molar-refractivity contribution in [3.05, 3.63) is 99.4 Å². The van der Waals surface area contributed by atoms with Crippen LogP contribution in [0.3, 0.4) is 0 Å². The van der Waals surface area contributed by atoms with Crippen molar-refractivity contribution in [2.75, 3.05) is 4.90 Å². The maximum absolute atomic E-state index is 12.7. The molecule has 0 bridgehead atoms. The molecular weight excluding hydrogens is 450 g/mol. The predicted molar refractivity (Wildman–Crippen MR) is 124 cm³/mol. The molecule has 6 nitrogen and oxygen atoms in total. The summed E-state index contributed by atoms with van der Waals surface area (Å²) in [5.74, 6) is -0.783. The lowest BCUT2D eigenvalue weighted by atomic mass is 10.1. The summed E-state index contributed by atoms with van der Waals surface area (Å²) in [6.07, 6.45) is 1.65. The number of anilines is 1. The lowest BCUT2D eigenvalue weighted by Gasteiger charge is -2.12. The van der Waals surface area contributed by atoms with E-state index in [-0.39, 0.29) is 23.3 Å². The Kier molecular flexibility index (Phi) is 6.30. The van der Waals surface area contributed by atoms with Crippen molar-refractivity contribution in [2.45, 2.75) is 6.61 Å². The molecule has 0 unspecified atom stereocenters. The van der Waals surface area contributed by atoms with Crippen LogP contribution >= 0.6 is 23.4 Å². The molecular formula is C24H16ClNO5S. The number of carboxylic acids is 1. The topological polar surface area (TPSA) is 83.9 Å². The first kappa shape index (κ1) is 21.7. The van der Waals surface area contributed by atoms with Gasteiger partial charge < -0.3 is 9.84 Å². The number of halogens is 1. The van der Waals surface area contributed by atoms with Crippen LogP contribution < -0.4 is 9.64 Å². The second-order valence-corrected chi connectivity index (χ2v) is 8.29. The molecule has 1 aliphatic rings. The second-order valence-electron chi connectivity index (χ2n) is 6.86. The first-order chi connectivity index (χ1) is 15.4. The van der Waals surface area contributed by atoms with Gasteiger partial charge in [-0.2, -0.15) is 0 Å². The molecule has 2 amide bonds. The molecule has 1 N–H and O–H groups in total. The van der Waals surface area contributed by atoms with Gasteiger partial charge in [-0.05, 0) is 77.5 Å². The van der Waals surface area contributed by atoms with Crippen LogP contribution in [0.4, 0.5) is 10.5 Å². The van der Waals surface area contributed by atoms with Crippen LogP contribution in [-0.4, -0.2) is 22.2 Å². The maximum Gasteiger partial charge on any atom is 0.335 e. The third-order valence-electron chi connectivity index (χ3n) is 4.64. The van der Waals surface area contributed by atoms with Crippen LogP contribution in [0.25, 0.3) is 6.08 Å². The molecule has 0 atom stereocenters. The van der Waals surface area contributed by atoms with Gasteiger partial charge in [0, 0.05) is 5.02 Å². The fourth-order valence-corrected chi connectivity index (χ4v) is 4.02. The average molecular weight is 466 g/mol. The van der Waals surface area contributed by atoms with Crippen LogP contribution in [0.15, 0.2) is 77.7 Å². The van der Waals surface area contributed by atoms with Crippen molar-refractivity contribution >= 4 is 52.2 Å². The van der Waals surface area contributed by atoms with Gasteiger partial charge in [0.05, 0.1) is 16.2 Å². The van der Waals surface area contributed by atoms with E-state index >= 15 is 0 Å². The van der Waals surface area contributed by atoms with Gasteiger partial charge >= 0.3 is 5.97 Å². The van der Waals surface area contributed by atoms with E-state index in [2.05, 4.69) is 0 Å². The monoisotopic (exact) mass is 465 g/mol. The molecule has 32 heavy (non-hydrogen) atoms. The Labute approximate surface area is 193 Å². The van der Waals surface area contributed by atoms with E-state index in [0.717, 1.165) is 27.8 Å². The lowest BCUT2D eigenvalue weighted by molar-refractivity contribution is -0.113. The summed E-state index contributed by atoms with van der Waals surface area (Å²) in [5, 5.41) is 9.22. The molecule has 4 rings (SSSR count). The normalized spacial score (nSPS) is 14.8. The molecule has 0 radical (unpaired) electrons. The van der Waals surface area contributed by atoms with Crippen LogP contribution in [0.2, 0.25) is 5.02 Å². The Hall–Kier alpha value is -3.55. The van der Waals surface area contributed by atoms with Gasteiger partial charge in [-0.3, -0.25) is 9.59 Å². The number of carbonyl (C=O) groups is 3. The number of hydrogen-bond donors (Lipinski definition) is 1. The molecule has 1 saturated heterocycles. The number of amides is 2. The Balaban J connectivity index is 1.43. The van der Waals surface area contributed by atoms with E-state index in [1.807, 2.05) is 0 Å². The standard InChI is InChI=1S/C24H16ClNO5S/c25-18-6-8-19(9-7-18)26-22(27)21(32-24(26)30)13-15-4-10-20(11-5-15)31-14-16-2-1-3-17(12-16)23(28)29/h1-13H,14H2,(H,28,29)/b21-13+. The summed E-state index contributed by atoms with van der Waals surface area (Å²) in [6, 6.07) is 20.1. The summed E-state index contributed by atoms with van der Waals surface area (Å²) in [5.41, 5.74) is 2.15. The summed E-state index contributed by atoms with van der Waals surface area (Å²) in [6.45, 7) is 0.223. The Morgan fingerprint density at radius 3 is 2.44 bits per heavy atom. The quantitative estimate of drug-likeness (QED) is 0.459. The van der Waals surface area contributed by atoms with E-state index < -0.39 is 5.97 Å². The Bertz CT molecular complexity index is 1220. The largest absolute Gasteiger partial charge is 0.489 e. The average Bonchev–Trinajstić information content (AvgIpc) is 3.07. The number of aromatic carboxylic acids is 1. The fourth-order valence-electron chi connectivity index (χ4n) is 3.05. The first-order valence-electron chi connectivity index (χ1n) is 9.49. The van der Waals surface area contributed by atoms with E-state index in [0.29, 0.717) is 21.4 Å². The molecule has 0 aliphatic carbocycles. The van der Waals surface area contributed by atoms with Gasteiger partial charge in [-0.15, -0.1) is 0 Å². The van der Waals surface area contributed by atoms with Gasteiger partial charge in [-0.25, -0.2) is 9.69 Å². The van der Waals surface area contributed by atoms with Gasteiger partial charge in [0.15, 0.2) is 0 Å². The van der Waals surface area contributed by atoms with Crippen LogP contribution in [-0.2, 0) is 11.4 Å². The number of thioether (sulfide) groups is 1. The smallest absolute Gasteiger partial charge is 0.335 e. The van der Waals surface area contributed by atoms with Crippen LogP contribution in [0.5, 0.6) is 5.75 Å². The minimum atomic E-state index is -0.989. The zero-order valence-corrected chi connectivity index (χ0v) is 18.1. The number of hydrogen-bond acceptors (Lipinski definition) is 5. The van der Waals surface area contributed by atoms with E-state index in [4.69, 9.17) is 21.4 Å². The van der Waals surface area contributed by atoms with Crippen molar-refractivity contribution in [2.24, 2.45) is 0 Å². The van der Waals surface area contributed by atoms with E-state index in [1.165, 1.54) is 6.07 Å². The van der Waals surface area contributed by atoms with Crippen LogP contribution in [0, 0.1) is 0 Å². The molecule has 3 aromatic rings. The van der Waals surface area contributed by atoms with E-state index in [1.54, 1.807) is 72.8 Å². The van der Waals surface area contributed by atoms with Crippen molar-refractivity contribution < 1.29 is 24.2 Å². The van der Waals surface area contributed by atoms with Gasteiger partial charge in [0.1, 0.15) is 12.4 Å². The third-order valence-corrected chi connectivity index (χ3v) is 5.76. The summed E-state index contributed by atoms with van der Waals surface area (Å²) >= 11 is 6.76. The van der Waals surface area contributed by atoms with Gasteiger partial charge in [0.2, 0.25) is 0 Å². The number of rotatable bonds is 6. The van der Waals surface area contributed by atoms with Gasteiger partial charge in [0.25, 0.3) is 11.1 Å². The zero-order valence-electron chi connectivity index (χ0n) is 16.5. The maximum atomic E-state index is 12.7. The number of ether oxygens (including phenoxy) is 1. The number of carboxylic acid groups (broad SMARTS) is 1. The summed E-state index contributed by atoms with van der Waals surface area (Å²) < 4.78 is 5.72. The molecule has 1 aliphatic heterocycles. The predicted octanol–water partition coefficient (Wildman–Crippen LogP) is 5.86. The highest BCUT2D eigenvalue weighted by Gasteiger charge is 2.36. The summed E-state index contributed by atoms with van der Waals surface area (Å²) in [4.78, 5) is 37.6. The van der Waals surface area contributed by atoms with Gasteiger partial charge in [-0.1, -0.05) is 35.9 Å². The molecule has 1 fully saturated rings. The highest BCUT2D eigenvalue weighted by molar-refractivity contribution is 8.19. The lowest BCUT2D eigenvalue weighted by Crippen LogP contribution is -2.27. The molecule has 0 spiro atoms. The number of imide groups is 1. The fraction of sp³-hybridized carbons (Fsp3) is 0.0417. The SMILES string of the molecule is O=C(O)c1cccc(COc2ccc(/C=C3/SC(=O)N(c4ccc(Cl)cc4)C3=O)cc2)c1. The molecule has 0 saturated carbocycles. The third kappa shape index (κ3) is 4.85. The van der Waals surface area contributed by atoms with Crippen LogP contribution in [0.1, 0.15) is 21.5 Å². The minimum absolute atomic E-state index is 0.203. The van der Waals surface area contributed by atoms with E-state index in [9.17, 15) is 14.4 Å². The van der Waals surface area contributed by atoms with Crippen molar-refractivity contribution in [1.82, 2.24) is 0 Å². The number of benzene rings is 3. The van der Waals surface area contributed by atoms with Crippen molar-refractivity contribution in [1.29, 1.82) is 0 Å². The molecule has 0 aromatic heterocycles. The van der Waals surface area contributed by atoms with Crippen molar-refractivity contribution in [3.63, 3.8) is 0 Å². The number of carbonyl (C=O) groups excluding carboxylic acids is 2. The summed E-state index contributed by atoms with van der Waals surface area (Å²) in [7, 11) is 0. The molecule has 3 aromatic carbocycles. The Morgan fingerprint density at radius 2 is 1.75 bits per heavy atom. The first-order valence-corrected chi connectivity index (χ1v) is 10.7. The molecule has 1 heterocycles. The highest BCUT2D eigenvalue weighted by atomic mass is 35.5.